The van der Waals surface area contributed by atoms with Crippen molar-refractivity contribution in [2.75, 3.05) is 7.05 Å². The fourth-order valence-corrected chi connectivity index (χ4v) is 2.27. The van der Waals surface area contributed by atoms with Crippen molar-refractivity contribution in [3.05, 3.63) is 52.1 Å². The Balaban J connectivity index is 2.48. The van der Waals surface area contributed by atoms with Gasteiger partial charge >= 0.3 is 0 Å². The fraction of sp³-hybridized carbons (Fsp3) is 0.308. The standard InChI is InChI=1S/C13H15ClFN3/c1-8-11(7-18(3)17-8)13(16-2)10-5-4-9(14)6-12(10)15/h4-7,13,16H,1-3H3. The van der Waals surface area contributed by atoms with Crippen molar-refractivity contribution in [3.63, 3.8) is 0 Å². The molecule has 0 aliphatic heterocycles. The minimum Gasteiger partial charge on any atom is -0.309 e. The molecule has 1 aromatic carbocycles. The molecule has 0 bridgehead atoms. The first-order valence-corrected chi connectivity index (χ1v) is 6.03. The first kappa shape index (κ1) is 13.1. The molecule has 0 amide bonds. The van der Waals surface area contributed by atoms with Crippen molar-refractivity contribution >= 4 is 11.6 Å². The molecule has 0 aliphatic carbocycles. The Morgan fingerprint density at radius 2 is 2.11 bits per heavy atom. The first-order valence-electron chi connectivity index (χ1n) is 5.65. The highest BCUT2D eigenvalue weighted by Crippen LogP contribution is 2.27. The molecule has 1 N–H and O–H groups in total. The molecule has 2 aromatic rings. The predicted molar refractivity (Wildman–Crippen MR) is 70.3 cm³/mol. The Morgan fingerprint density at radius 3 is 2.61 bits per heavy atom. The molecule has 2 rings (SSSR count). The third kappa shape index (κ3) is 2.40. The summed E-state index contributed by atoms with van der Waals surface area (Å²) in [5.41, 5.74) is 2.41. The highest BCUT2D eigenvalue weighted by Gasteiger charge is 2.20. The molecule has 1 heterocycles. The summed E-state index contributed by atoms with van der Waals surface area (Å²) in [7, 11) is 3.65. The van der Waals surface area contributed by atoms with Crippen LogP contribution < -0.4 is 5.32 Å². The van der Waals surface area contributed by atoms with Gasteiger partial charge in [0, 0.05) is 29.4 Å². The van der Waals surface area contributed by atoms with Crippen molar-refractivity contribution in [3.8, 4) is 0 Å². The van der Waals surface area contributed by atoms with E-state index in [9.17, 15) is 4.39 Å². The minimum atomic E-state index is -0.315. The second-order valence-electron chi connectivity index (χ2n) is 4.23. The lowest BCUT2D eigenvalue weighted by molar-refractivity contribution is 0.575. The van der Waals surface area contributed by atoms with Gasteiger partial charge in [-0.05, 0) is 26.1 Å². The van der Waals surface area contributed by atoms with E-state index in [1.165, 1.54) is 6.07 Å². The molecule has 0 saturated carbocycles. The molecule has 1 unspecified atom stereocenters. The molecule has 3 nitrogen and oxygen atoms in total. The summed E-state index contributed by atoms with van der Waals surface area (Å²) in [5, 5.41) is 7.79. The van der Waals surface area contributed by atoms with E-state index in [1.54, 1.807) is 23.9 Å². The molecular formula is C13H15ClFN3. The molecule has 5 heteroatoms. The lowest BCUT2D eigenvalue weighted by Crippen LogP contribution is -2.19. The molecule has 0 spiro atoms. The zero-order valence-electron chi connectivity index (χ0n) is 10.5. The topological polar surface area (TPSA) is 29.9 Å². The fourth-order valence-electron chi connectivity index (χ4n) is 2.12. The number of halogens is 2. The first-order chi connectivity index (χ1) is 8.52. The van der Waals surface area contributed by atoms with Gasteiger partial charge in [0.1, 0.15) is 5.82 Å². The Kier molecular flexibility index (Phi) is 3.68. The minimum absolute atomic E-state index is 0.226. The summed E-state index contributed by atoms with van der Waals surface area (Å²) in [6, 6.07) is 4.49. The Hall–Kier alpha value is -1.39. The van der Waals surface area contributed by atoms with Gasteiger partial charge in [-0.25, -0.2) is 4.39 Å². The smallest absolute Gasteiger partial charge is 0.129 e. The molecule has 0 saturated heterocycles. The zero-order chi connectivity index (χ0) is 13.3. The Morgan fingerprint density at radius 1 is 1.39 bits per heavy atom. The van der Waals surface area contributed by atoms with Crippen LogP contribution in [0.1, 0.15) is 22.9 Å². The van der Waals surface area contributed by atoms with E-state index in [-0.39, 0.29) is 11.9 Å². The quantitative estimate of drug-likeness (QED) is 0.927. The van der Waals surface area contributed by atoms with Crippen molar-refractivity contribution in [2.45, 2.75) is 13.0 Å². The number of aryl methyl sites for hydroxylation is 2. The van der Waals surface area contributed by atoms with Crippen LogP contribution in [-0.4, -0.2) is 16.8 Å². The molecular weight excluding hydrogens is 253 g/mol. The maximum absolute atomic E-state index is 14.0. The second kappa shape index (κ2) is 5.08. The molecule has 1 atom stereocenters. The van der Waals surface area contributed by atoms with E-state index in [2.05, 4.69) is 10.4 Å². The molecule has 0 radical (unpaired) electrons. The summed E-state index contributed by atoms with van der Waals surface area (Å²) in [6.07, 6.45) is 1.89. The molecule has 18 heavy (non-hydrogen) atoms. The lowest BCUT2D eigenvalue weighted by atomic mass is 9.99. The van der Waals surface area contributed by atoms with Crippen LogP contribution in [0.15, 0.2) is 24.4 Å². The van der Waals surface area contributed by atoms with Crippen LogP contribution in [0.4, 0.5) is 4.39 Å². The number of hydrogen-bond donors (Lipinski definition) is 1. The van der Waals surface area contributed by atoms with Crippen LogP contribution in [0.5, 0.6) is 0 Å². The largest absolute Gasteiger partial charge is 0.309 e. The summed E-state index contributed by atoms with van der Waals surface area (Å²) in [6.45, 7) is 1.91. The normalized spacial score (nSPS) is 12.7. The van der Waals surface area contributed by atoms with Gasteiger partial charge < -0.3 is 5.32 Å². The van der Waals surface area contributed by atoms with Crippen LogP contribution in [0.2, 0.25) is 5.02 Å². The van der Waals surface area contributed by atoms with Crippen LogP contribution in [0.3, 0.4) is 0 Å². The van der Waals surface area contributed by atoms with Crippen LogP contribution >= 0.6 is 11.6 Å². The Bertz CT molecular complexity index is 565. The molecule has 96 valence electrons. The third-order valence-corrected chi connectivity index (χ3v) is 3.16. The zero-order valence-corrected chi connectivity index (χ0v) is 11.3. The number of nitrogens with zero attached hydrogens (tertiary/aromatic N) is 2. The van der Waals surface area contributed by atoms with Gasteiger partial charge in [0.15, 0.2) is 0 Å². The van der Waals surface area contributed by atoms with E-state index in [4.69, 9.17) is 11.6 Å². The van der Waals surface area contributed by atoms with Crippen molar-refractivity contribution in [1.29, 1.82) is 0 Å². The average molecular weight is 268 g/mol. The van der Waals surface area contributed by atoms with Gasteiger partial charge in [-0.2, -0.15) is 5.10 Å². The average Bonchev–Trinajstić information content (AvgIpc) is 2.62. The van der Waals surface area contributed by atoms with Gasteiger partial charge in [0.25, 0.3) is 0 Å². The number of nitrogens with one attached hydrogen (secondary N) is 1. The molecule has 1 aromatic heterocycles. The number of benzene rings is 1. The SMILES string of the molecule is CNC(c1ccc(Cl)cc1F)c1cn(C)nc1C. The van der Waals surface area contributed by atoms with Crippen molar-refractivity contribution in [2.24, 2.45) is 7.05 Å². The summed E-state index contributed by atoms with van der Waals surface area (Å²) >= 11 is 5.77. The van der Waals surface area contributed by atoms with Crippen LogP contribution in [0.25, 0.3) is 0 Å². The highest BCUT2D eigenvalue weighted by molar-refractivity contribution is 6.30. The second-order valence-corrected chi connectivity index (χ2v) is 4.67. The van der Waals surface area contributed by atoms with Crippen molar-refractivity contribution in [1.82, 2.24) is 15.1 Å². The van der Waals surface area contributed by atoms with E-state index in [0.29, 0.717) is 10.6 Å². The van der Waals surface area contributed by atoms with Crippen molar-refractivity contribution < 1.29 is 4.39 Å². The summed E-state index contributed by atoms with van der Waals surface area (Å²) in [5.74, 6) is -0.315. The predicted octanol–water partition coefficient (Wildman–Crippen LogP) is 2.83. The summed E-state index contributed by atoms with van der Waals surface area (Å²) < 4.78 is 15.7. The van der Waals surface area contributed by atoms with Crippen LogP contribution in [0, 0.1) is 12.7 Å². The van der Waals surface area contributed by atoms with Gasteiger partial charge in [-0.1, -0.05) is 17.7 Å². The lowest BCUT2D eigenvalue weighted by Gasteiger charge is -2.17. The highest BCUT2D eigenvalue weighted by atomic mass is 35.5. The molecule has 0 aliphatic rings. The Labute approximate surface area is 111 Å². The number of aromatic nitrogens is 2. The van der Waals surface area contributed by atoms with E-state index in [1.807, 2.05) is 20.2 Å². The van der Waals surface area contributed by atoms with Gasteiger partial charge in [-0.3, -0.25) is 4.68 Å². The van der Waals surface area contributed by atoms with Gasteiger partial charge in [0.05, 0.1) is 11.7 Å². The van der Waals surface area contributed by atoms with Gasteiger partial charge in [-0.15, -0.1) is 0 Å². The molecule has 0 fully saturated rings. The van der Waals surface area contributed by atoms with Gasteiger partial charge in [0.2, 0.25) is 0 Å². The summed E-state index contributed by atoms with van der Waals surface area (Å²) in [4.78, 5) is 0. The van der Waals surface area contributed by atoms with Crippen LogP contribution in [-0.2, 0) is 7.05 Å². The third-order valence-electron chi connectivity index (χ3n) is 2.92. The number of hydrogen-bond acceptors (Lipinski definition) is 2. The maximum atomic E-state index is 14.0. The monoisotopic (exact) mass is 267 g/mol. The number of rotatable bonds is 3. The van der Waals surface area contributed by atoms with E-state index >= 15 is 0 Å². The maximum Gasteiger partial charge on any atom is 0.129 e. The van der Waals surface area contributed by atoms with E-state index in [0.717, 1.165) is 11.3 Å². The van der Waals surface area contributed by atoms with E-state index < -0.39 is 0 Å².